The lowest BCUT2D eigenvalue weighted by Crippen LogP contribution is -2.32. The molecule has 0 saturated carbocycles. The topological polar surface area (TPSA) is 78.5 Å². The van der Waals surface area contributed by atoms with E-state index in [2.05, 4.69) is 27.9 Å². The lowest BCUT2D eigenvalue weighted by molar-refractivity contribution is -0.116. The van der Waals surface area contributed by atoms with Crippen LogP contribution in [0.5, 0.6) is 0 Å². The van der Waals surface area contributed by atoms with E-state index in [9.17, 15) is 13.2 Å². The first-order valence-corrected chi connectivity index (χ1v) is 13.8. The van der Waals surface area contributed by atoms with Gasteiger partial charge in [0.2, 0.25) is 15.9 Å². The van der Waals surface area contributed by atoms with Crippen LogP contribution >= 0.6 is 0 Å². The van der Waals surface area contributed by atoms with E-state index in [1.54, 1.807) is 6.07 Å². The summed E-state index contributed by atoms with van der Waals surface area (Å²) in [5.41, 5.74) is 3.52. The van der Waals surface area contributed by atoms with E-state index in [0.29, 0.717) is 17.8 Å². The maximum atomic E-state index is 13.7. The normalized spacial score (nSPS) is 18.2. The number of hydrogen-bond acceptors (Lipinski definition) is 4. The molecule has 1 fully saturated rings. The Morgan fingerprint density at radius 2 is 1.85 bits per heavy atom. The van der Waals surface area contributed by atoms with Gasteiger partial charge < -0.3 is 10.2 Å². The maximum absolute atomic E-state index is 13.7. The lowest BCUT2D eigenvalue weighted by atomic mass is 9.88. The highest BCUT2D eigenvalue weighted by Crippen LogP contribution is 2.35. The molecule has 7 heteroatoms. The van der Waals surface area contributed by atoms with Crippen LogP contribution in [0.25, 0.3) is 0 Å². The SMILES string of the molecule is CCCCCC(=O)Nc1ccc(N2CCCC2)c(S(=O)(=O)N[C@@H]2CCCc3ccccc32)c1. The second kappa shape index (κ2) is 10.7. The first kappa shape index (κ1) is 23.8. The van der Waals surface area contributed by atoms with Crippen molar-refractivity contribution in [2.24, 2.45) is 0 Å². The van der Waals surface area contributed by atoms with E-state index in [-0.39, 0.29) is 16.8 Å². The van der Waals surface area contributed by atoms with Crippen molar-refractivity contribution >= 4 is 27.3 Å². The Morgan fingerprint density at radius 1 is 1.06 bits per heavy atom. The number of carbonyl (C=O) groups excluding carboxylic acids is 1. The molecule has 1 aliphatic heterocycles. The number of fused-ring (bicyclic) bond motifs is 1. The Morgan fingerprint density at radius 3 is 2.64 bits per heavy atom. The van der Waals surface area contributed by atoms with E-state index >= 15 is 0 Å². The fraction of sp³-hybridized carbons (Fsp3) is 0.500. The minimum Gasteiger partial charge on any atom is -0.370 e. The largest absolute Gasteiger partial charge is 0.370 e. The van der Waals surface area contributed by atoms with Crippen molar-refractivity contribution in [3.8, 4) is 0 Å². The number of nitrogens with zero attached hydrogens (tertiary/aromatic N) is 1. The summed E-state index contributed by atoms with van der Waals surface area (Å²) in [6.07, 6.45) is 8.16. The highest BCUT2D eigenvalue weighted by molar-refractivity contribution is 7.89. The van der Waals surface area contributed by atoms with Gasteiger partial charge in [-0.15, -0.1) is 0 Å². The van der Waals surface area contributed by atoms with Crippen LogP contribution in [0.15, 0.2) is 47.4 Å². The Bertz CT molecular complexity index is 1080. The number of anilines is 2. The van der Waals surface area contributed by atoms with Crippen molar-refractivity contribution in [3.63, 3.8) is 0 Å². The zero-order chi connectivity index (χ0) is 23.3. The Balaban J connectivity index is 1.61. The molecule has 1 atom stereocenters. The highest BCUT2D eigenvalue weighted by atomic mass is 32.2. The van der Waals surface area contributed by atoms with Gasteiger partial charge >= 0.3 is 0 Å². The minimum atomic E-state index is -3.79. The molecule has 2 aromatic rings. The monoisotopic (exact) mass is 469 g/mol. The molecule has 178 valence electrons. The molecule has 2 aromatic carbocycles. The number of hydrogen-bond donors (Lipinski definition) is 2. The number of unbranched alkanes of at least 4 members (excludes halogenated alkanes) is 2. The summed E-state index contributed by atoms with van der Waals surface area (Å²) in [5.74, 6) is -0.0742. The van der Waals surface area contributed by atoms with Crippen molar-refractivity contribution < 1.29 is 13.2 Å². The third-order valence-corrected chi connectivity index (χ3v) is 8.15. The van der Waals surface area contributed by atoms with Gasteiger partial charge in [-0.05, 0) is 67.9 Å². The predicted octanol–water partition coefficient (Wildman–Crippen LogP) is 5.16. The van der Waals surface area contributed by atoms with Gasteiger partial charge in [0.15, 0.2) is 0 Å². The molecule has 4 rings (SSSR count). The zero-order valence-corrected chi connectivity index (χ0v) is 20.3. The summed E-state index contributed by atoms with van der Waals surface area (Å²) in [4.78, 5) is 14.7. The fourth-order valence-corrected chi connectivity index (χ4v) is 6.41. The van der Waals surface area contributed by atoms with Crippen LogP contribution in [-0.2, 0) is 21.2 Å². The molecule has 6 nitrogen and oxygen atoms in total. The second-order valence-corrected chi connectivity index (χ2v) is 10.8. The van der Waals surface area contributed by atoms with Gasteiger partial charge in [0.1, 0.15) is 4.90 Å². The van der Waals surface area contributed by atoms with E-state index < -0.39 is 10.0 Å². The number of sulfonamides is 1. The van der Waals surface area contributed by atoms with Crippen molar-refractivity contribution in [2.75, 3.05) is 23.3 Å². The van der Waals surface area contributed by atoms with E-state index in [4.69, 9.17) is 0 Å². The summed E-state index contributed by atoms with van der Waals surface area (Å²) >= 11 is 0. The van der Waals surface area contributed by atoms with Crippen LogP contribution in [0.4, 0.5) is 11.4 Å². The average Bonchev–Trinajstić information content (AvgIpc) is 3.34. The molecular formula is C26H35N3O3S. The van der Waals surface area contributed by atoms with Crippen LogP contribution in [0, 0.1) is 0 Å². The van der Waals surface area contributed by atoms with Gasteiger partial charge in [-0.25, -0.2) is 13.1 Å². The third kappa shape index (κ3) is 5.76. The van der Waals surface area contributed by atoms with Gasteiger partial charge in [0, 0.05) is 31.2 Å². The van der Waals surface area contributed by atoms with Gasteiger partial charge in [-0.1, -0.05) is 44.0 Å². The zero-order valence-electron chi connectivity index (χ0n) is 19.5. The number of rotatable bonds is 9. The van der Waals surface area contributed by atoms with Crippen LogP contribution in [0.1, 0.15) is 75.5 Å². The number of benzene rings is 2. The molecule has 1 heterocycles. The molecule has 0 spiro atoms. The summed E-state index contributed by atoms with van der Waals surface area (Å²) < 4.78 is 30.4. The van der Waals surface area contributed by atoms with Crippen LogP contribution in [-0.4, -0.2) is 27.4 Å². The third-order valence-electron chi connectivity index (χ3n) is 6.65. The number of aryl methyl sites for hydroxylation is 1. The summed E-state index contributed by atoms with van der Waals surface area (Å²) in [7, 11) is -3.79. The molecule has 1 aliphatic carbocycles. The standard InChI is InChI=1S/C26H35N3O3S/c1-2-3-4-14-26(30)27-21-15-16-24(29-17-7-8-18-29)25(19-21)33(31,32)28-23-13-9-11-20-10-5-6-12-22(20)23/h5-6,10,12,15-16,19,23,28H,2-4,7-9,11,13-14,17-18H2,1H3,(H,27,30)/t23-/m1/s1. The Labute approximate surface area is 197 Å². The van der Waals surface area contributed by atoms with Gasteiger partial charge in [-0.2, -0.15) is 0 Å². The Hall–Kier alpha value is -2.38. The first-order valence-electron chi connectivity index (χ1n) is 12.3. The average molecular weight is 470 g/mol. The smallest absolute Gasteiger partial charge is 0.243 e. The minimum absolute atomic E-state index is 0.0742. The Kier molecular flexibility index (Phi) is 7.71. The van der Waals surface area contributed by atoms with Crippen molar-refractivity contribution in [1.29, 1.82) is 0 Å². The van der Waals surface area contributed by atoms with Crippen LogP contribution in [0.3, 0.4) is 0 Å². The molecule has 1 amide bonds. The van der Waals surface area contributed by atoms with E-state index in [1.807, 2.05) is 30.3 Å². The summed E-state index contributed by atoms with van der Waals surface area (Å²) in [6, 6.07) is 13.1. The molecule has 1 saturated heterocycles. The molecule has 0 unspecified atom stereocenters. The maximum Gasteiger partial charge on any atom is 0.243 e. The molecule has 2 aliphatic rings. The molecule has 2 N–H and O–H groups in total. The number of carbonyl (C=O) groups is 1. The van der Waals surface area contributed by atoms with Crippen molar-refractivity contribution in [2.45, 2.75) is 75.6 Å². The van der Waals surface area contributed by atoms with Crippen molar-refractivity contribution in [3.05, 3.63) is 53.6 Å². The van der Waals surface area contributed by atoms with E-state index in [1.165, 1.54) is 5.56 Å². The summed E-state index contributed by atoms with van der Waals surface area (Å²) in [5, 5.41) is 2.90. The number of amides is 1. The predicted molar refractivity (Wildman–Crippen MR) is 133 cm³/mol. The van der Waals surface area contributed by atoms with Crippen LogP contribution in [0.2, 0.25) is 0 Å². The quantitative estimate of drug-likeness (QED) is 0.497. The molecule has 0 aromatic heterocycles. The second-order valence-electron chi connectivity index (χ2n) is 9.15. The van der Waals surface area contributed by atoms with Crippen LogP contribution < -0.4 is 14.9 Å². The van der Waals surface area contributed by atoms with Gasteiger partial charge in [-0.3, -0.25) is 4.79 Å². The molecule has 0 bridgehead atoms. The summed E-state index contributed by atoms with van der Waals surface area (Å²) in [6.45, 7) is 3.79. The van der Waals surface area contributed by atoms with Gasteiger partial charge in [0.25, 0.3) is 0 Å². The number of nitrogens with one attached hydrogen (secondary N) is 2. The molecular weight excluding hydrogens is 434 g/mol. The van der Waals surface area contributed by atoms with Gasteiger partial charge in [0.05, 0.1) is 5.69 Å². The lowest BCUT2D eigenvalue weighted by Gasteiger charge is -2.28. The van der Waals surface area contributed by atoms with E-state index in [0.717, 1.165) is 70.0 Å². The van der Waals surface area contributed by atoms with Crippen molar-refractivity contribution in [1.82, 2.24) is 4.72 Å². The fourth-order valence-electron chi connectivity index (χ4n) is 4.91. The highest BCUT2D eigenvalue weighted by Gasteiger charge is 2.29. The molecule has 0 radical (unpaired) electrons. The molecule has 33 heavy (non-hydrogen) atoms. The first-order chi connectivity index (χ1) is 16.0.